The first-order valence-corrected chi connectivity index (χ1v) is 8.36. The molecule has 0 saturated heterocycles. The van der Waals surface area contributed by atoms with E-state index in [1.54, 1.807) is 0 Å². The van der Waals surface area contributed by atoms with E-state index in [1.165, 1.54) is 31.9 Å². The Hall–Kier alpha value is -0.0900. The highest BCUT2D eigenvalue weighted by Gasteiger charge is 2.20. The van der Waals surface area contributed by atoms with Crippen molar-refractivity contribution in [3.63, 3.8) is 0 Å². The van der Waals surface area contributed by atoms with Crippen LogP contribution in [0.4, 0.5) is 0 Å². The van der Waals surface area contributed by atoms with Crippen molar-refractivity contribution in [3.05, 3.63) is 0 Å². The number of rotatable bonds is 7. The molecule has 0 aromatic heterocycles. The van der Waals surface area contributed by atoms with Gasteiger partial charge < -0.3 is 5.32 Å². The van der Waals surface area contributed by atoms with Gasteiger partial charge in [0.1, 0.15) is 9.84 Å². The molecule has 1 saturated carbocycles. The van der Waals surface area contributed by atoms with E-state index in [9.17, 15) is 8.42 Å². The van der Waals surface area contributed by atoms with Crippen molar-refractivity contribution in [2.24, 2.45) is 5.92 Å². The molecule has 0 aliphatic heterocycles. The molecule has 0 bridgehead atoms. The summed E-state index contributed by atoms with van der Waals surface area (Å²) in [5, 5.41) is 3.49. The van der Waals surface area contributed by atoms with Crippen molar-refractivity contribution in [3.8, 4) is 0 Å². The molecule has 16 heavy (non-hydrogen) atoms. The van der Waals surface area contributed by atoms with Gasteiger partial charge in [0.15, 0.2) is 0 Å². The third-order valence-corrected chi connectivity index (χ3v) is 4.38. The summed E-state index contributed by atoms with van der Waals surface area (Å²) in [5.41, 5.74) is 0. The molecule has 0 radical (unpaired) electrons. The van der Waals surface area contributed by atoms with Crippen LogP contribution in [0.2, 0.25) is 0 Å². The first-order chi connectivity index (χ1) is 7.37. The first-order valence-electron chi connectivity index (χ1n) is 6.30. The Kier molecular flexibility index (Phi) is 5.25. The molecule has 0 amide bonds. The number of hydrogen-bond acceptors (Lipinski definition) is 3. The van der Waals surface area contributed by atoms with Gasteiger partial charge in [-0.15, -0.1) is 0 Å². The zero-order chi connectivity index (χ0) is 12.2. The summed E-state index contributed by atoms with van der Waals surface area (Å²) in [6.07, 6.45) is 7.41. The molecule has 1 N–H and O–H groups in total. The number of sulfone groups is 1. The SMILES string of the molecule is CC(CCS(C)(=O)=O)NC(C)CC1CCC1. The summed E-state index contributed by atoms with van der Waals surface area (Å²) >= 11 is 0. The van der Waals surface area contributed by atoms with Gasteiger partial charge in [-0.05, 0) is 32.6 Å². The summed E-state index contributed by atoms with van der Waals surface area (Å²) in [6, 6.07) is 0.810. The maximum absolute atomic E-state index is 11.0. The van der Waals surface area contributed by atoms with Gasteiger partial charge in [0, 0.05) is 18.3 Å². The topological polar surface area (TPSA) is 46.2 Å². The Morgan fingerprint density at radius 1 is 1.25 bits per heavy atom. The molecular weight excluding hydrogens is 222 g/mol. The van der Waals surface area contributed by atoms with Gasteiger partial charge in [-0.1, -0.05) is 19.3 Å². The highest BCUT2D eigenvalue weighted by Crippen LogP contribution is 2.30. The molecule has 1 rings (SSSR count). The Labute approximate surface area is 99.9 Å². The molecule has 2 unspecified atom stereocenters. The van der Waals surface area contributed by atoms with E-state index >= 15 is 0 Å². The normalized spacial score (nSPS) is 21.4. The third kappa shape index (κ3) is 5.85. The van der Waals surface area contributed by atoms with Crippen LogP contribution < -0.4 is 5.32 Å². The van der Waals surface area contributed by atoms with Crippen LogP contribution >= 0.6 is 0 Å². The molecule has 0 aromatic carbocycles. The average molecular weight is 247 g/mol. The van der Waals surface area contributed by atoms with Gasteiger partial charge in [-0.25, -0.2) is 8.42 Å². The highest BCUT2D eigenvalue weighted by atomic mass is 32.2. The molecule has 0 heterocycles. The molecular formula is C12H25NO2S. The van der Waals surface area contributed by atoms with Gasteiger partial charge >= 0.3 is 0 Å². The smallest absolute Gasteiger partial charge is 0.147 e. The summed E-state index contributed by atoms with van der Waals surface area (Å²) < 4.78 is 22.1. The van der Waals surface area contributed by atoms with Crippen LogP contribution in [0.3, 0.4) is 0 Å². The molecule has 1 aliphatic carbocycles. The maximum atomic E-state index is 11.0. The summed E-state index contributed by atoms with van der Waals surface area (Å²) in [5.74, 6) is 1.20. The zero-order valence-electron chi connectivity index (χ0n) is 10.7. The Bertz CT molecular complexity index is 296. The maximum Gasteiger partial charge on any atom is 0.147 e. The molecule has 0 aromatic rings. The minimum atomic E-state index is -2.81. The van der Waals surface area contributed by atoms with Crippen LogP contribution in [0, 0.1) is 5.92 Å². The van der Waals surface area contributed by atoms with Crippen molar-refractivity contribution < 1.29 is 8.42 Å². The lowest BCUT2D eigenvalue weighted by molar-refractivity contribution is 0.258. The lowest BCUT2D eigenvalue weighted by Crippen LogP contribution is -2.37. The second-order valence-electron chi connectivity index (χ2n) is 5.42. The van der Waals surface area contributed by atoms with Gasteiger partial charge in [0.05, 0.1) is 5.75 Å². The lowest BCUT2D eigenvalue weighted by atomic mass is 9.81. The van der Waals surface area contributed by atoms with E-state index in [1.807, 2.05) is 0 Å². The molecule has 0 spiro atoms. The molecule has 1 aliphatic rings. The van der Waals surface area contributed by atoms with E-state index in [-0.39, 0.29) is 5.75 Å². The van der Waals surface area contributed by atoms with Crippen LogP contribution in [0.1, 0.15) is 46.0 Å². The average Bonchev–Trinajstić information content (AvgIpc) is 2.07. The van der Waals surface area contributed by atoms with E-state index in [4.69, 9.17) is 0 Å². The van der Waals surface area contributed by atoms with E-state index in [0.717, 1.165) is 5.92 Å². The molecule has 3 nitrogen and oxygen atoms in total. The monoisotopic (exact) mass is 247 g/mol. The standard InChI is InChI=1S/C12H25NO2S/c1-10(7-8-16(3,14)15)13-11(2)9-12-5-4-6-12/h10-13H,4-9H2,1-3H3. The summed E-state index contributed by atoms with van der Waals surface area (Å²) in [6.45, 7) is 4.28. The van der Waals surface area contributed by atoms with Crippen molar-refractivity contribution in [1.82, 2.24) is 5.32 Å². The van der Waals surface area contributed by atoms with Gasteiger partial charge in [-0.2, -0.15) is 0 Å². The van der Waals surface area contributed by atoms with Crippen molar-refractivity contribution in [2.75, 3.05) is 12.0 Å². The van der Waals surface area contributed by atoms with Gasteiger partial charge in [-0.3, -0.25) is 0 Å². The van der Waals surface area contributed by atoms with Crippen molar-refractivity contribution in [1.29, 1.82) is 0 Å². The van der Waals surface area contributed by atoms with Crippen molar-refractivity contribution in [2.45, 2.75) is 58.0 Å². The van der Waals surface area contributed by atoms with Gasteiger partial charge in [0.25, 0.3) is 0 Å². The fourth-order valence-corrected chi connectivity index (χ4v) is 3.04. The van der Waals surface area contributed by atoms with E-state index in [2.05, 4.69) is 19.2 Å². The predicted octanol–water partition coefficient (Wildman–Crippen LogP) is 1.98. The lowest BCUT2D eigenvalue weighted by Gasteiger charge is -2.30. The fraction of sp³-hybridized carbons (Fsp3) is 1.00. The fourth-order valence-electron chi connectivity index (χ4n) is 2.26. The minimum absolute atomic E-state index is 0.289. The van der Waals surface area contributed by atoms with Crippen molar-refractivity contribution >= 4 is 9.84 Å². The Morgan fingerprint density at radius 2 is 1.88 bits per heavy atom. The van der Waals surface area contributed by atoms with Crippen LogP contribution in [-0.4, -0.2) is 32.5 Å². The van der Waals surface area contributed by atoms with Crippen LogP contribution in [0.15, 0.2) is 0 Å². The molecule has 96 valence electrons. The summed E-state index contributed by atoms with van der Waals surface area (Å²) in [7, 11) is -2.81. The third-order valence-electron chi connectivity index (χ3n) is 3.40. The molecule has 4 heteroatoms. The summed E-state index contributed by atoms with van der Waals surface area (Å²) in [4.78, 5) is 0. The zero-order valence-corrected chi connectivity index (χ0v) is 11.5. The highest BCUT2D eigenvalue weighted by molar-refractivity contribution is 7.90. The second kappa shape index (κ2) is 6.01. The largest absolute Gasteiger partial charge is 0.312 e. The first kappa shape index (κ1) is 14.0. The Balaban J connectivity index is 2.14. The van der Waals surface area contributed by atoms with Crippen LogP contribution in [0.25, 0.3) is 0 Å². The van der Waals surface area contributed by atoms with E-state index < -0.39 is 9.84 Å². The van der Waals surface area contributed by atoms with E-state index in [0.29, 0.717) is 18.5 Å². The molecule has 1 fully saturated rings. The number of nitrogens with one attached hydrogen (secondary N) is 1. The molecule has 2 atom stereocenters. The second-order valence-corrected chi connectivity index (χ2v) is 7.68. The van der Waals surface area contributed by atoms with Gasteiger partial charge in [0.2, 0.25) is 0 Å². The quantitative estimate of drug-likeness (QED) is 0.748. The predicted molar refractivity (Wildman–Crippen MR) is 68.3 cm³/mol. The van der Waals surface area contributed by atoms with Crippen LogP contribution in [-0.2, 0) is 9.84 Å². The minimum Gasteiger partial charge on any atom is -0.312 e. The Morgan fingerprint density at radius 3 is 2.31 bits per heavy atom. The van der Waals surface area contributed by atoms with Crippen LogP contribution in [0.5, 0.6) is 0 Å². The number of hydrogen-bond donors (Lipinski definition) is 1.